The molecule has 0 aliphatic heterocycles. The van der Waals surface area contributed by atoms with E-state index in [-0.39, 0.29) is 24.7 Å². The van der Waals surface area contributed by atoms with Crippen LogP contribution in [0.3, 0.4) is 0 Å². The number of alkyl halides is 2. The second-order valence-corrected chi connectivity index (χ2v) is 6.39. The number of carbonyl (C=O) groups excluding carboxylic acids is 1. The number of rotatable bonds is 7. The number of pyridine rings is 1. The normalized spacial score (nSPS) is 10.8. The van der Waals surface area contributed by atoms with Crippen molar-refractivity contribution >= 4 is 21.8 Å². The van der Waals surface area contributed by atoms with Crippen LogP contribution < -0.4 is 10.1 Å². The van der Waals surface area contributed by atoms with Crippen LogP contribution in [0.1, 0.15) is 22.7 Å². The quantitative estimate of drug-likeness (QED) is 0.602. The molecular formula is C18H15BrF2N4O2. The SMILES string of the molecule is O=C(NCCc1nccn1C(F)F)c1ccc(Oc2ccc(Br)cc2)nc1. The van der Waals surface area contributed by atoms with E-state index in [1.165, 1.54) is 18.6 Å². The zero-order chi connectivity index (χ0) is 19.2. The van der Waals surface area contributed by atoms with Crippen LogP contribution in [0.4, 0.5) is 8.78 Å². The number of imidazole rings is 1. The Kier molecular flexibility index (Phi) is 6.12. The molecule has 0 saturated heterocycles. The molecule has 3 rings (SSSR count). The van der Waals surface area contributed by atoms with E-state index in [1.807, 2.05) is 12.1 Å². The summed E-state index contributed by atoms with van der Waals surface area (Å²) in [6, 6.07) is 10.4. The summed E-state index contributed by atoms with van der Waals surface area (Å²) in [7, 11) is 0. The number of benzene rings is 1. The molecule has 9 heteroatoms. The van der Waals surface area contributed by atoms with E-state index < -0.39 is 6.55 Å². The van der Waals surface area contributed by atoms with Gasteiger partial charge in [0.1, 0.15) is 11.6 Å². The highest BCUT2D eigenvalue weighted by Gasteiger charge is 2.12. The Hall–Kier alpha value is -2.81. The predicted molar refractivity (Wildman–Crippen MR) is 98.0 cm³/mol. The second kappa shape index (κ2) is 8.72. The van der Waals surface area contributed by atoms with Crippen LogP contribution in [0.15, 0.2) is 59.5 Å². The number of aromatic nitrogens is 3. The molecule has 0 saturated carbocycles. The fraction of sp³-hybridized carbons (Fsp3) is 0.167. The van der Waals surface area contributed by atoms with Crippen LogP contribution in [-0.4, -0.2) is 27.0 Å². The molecule has 0 atom stereocenters. The van der Waals surface area contributed by atoms with E-state index in [1.54, 1.807) is 24.3 Å². The minimum atomic E-state index is -2.65. The van der Waals surface area contributed by atoms with Crippen molar-refractivity contribution in [2.75, 3.05) is 6.54 Å². The van der Waals surface area contributed by atoms with Crippen molar-refractivity contribution in [3.8, 4) is 11.6 Å². The van der Waals surface area contributed by atoms with Crippen LogP contribution >= 0.6 is 15.9 Å². The lowest BCUT2D eigenvalue weighted by Gasteiger charge is -2.08. The predicted octanol–water partition coefficient (Wildman–Crippen LogP) is 4.20. The average molecular weight is 437 g/mol. The van der Waals surface area contributed by atoms with Gasteiger partial charge in [0, 0.05) is 42.1 Å². The van der Waals surface area contributed by atoms with E-state index in [0.29, 0.717) is 17.2 Å². The molecule has 2 aromatic heterocycles. The Bertz CT molecular complexity index is 898. The topological polar surface area (TPSA) is 69.0 Å². The van der Waals surface area contributed by atoms with Crippen LogP contribution in [0.25, 0.3) is 0 Å². The van der Waals surface area contributed by atoms with Gasteiger partial charge in [-0.2, -0.15) is 8.78 Å². The van der Waals surface area contributed by atoms with Crippen molar-refractivity contribution in [1.29, 1.82) is 0 Å². The Morgan fingerprint density at radius 1 is 1.19 bits per heavy atom. The number of nitrogens with zero attached hydrogens (tertiary/aromatic N) is 3. The highest BCUT2D eigenvalue weighted by molar-refractivity contribution is 9.10. The van der Waals surface area contributed by atoms with Gasteiger partial charge in [-0.3, -0.25) is 9.36 Å². The molecule has 0 aliphatic carbocycles. The van der Waals surface area contributed by atoms with E-state index in [2.05, 4.69) is 31.2 Å². The fourth-order valence-electron chi connectivity index (χ4n) is 2.30. The highest BCUT2D eigenvalue weighted by Crippen LogP contribution is 2.21. The minimum Gasteiger partial charge on any atom is -0.439 e. The third kappa shape index (κ3) is 5.10. The third-order valence-electron chi connectivity index (χ3n) is 3.63. The van der Waals surface area contributed by atoms with Gasteiger partial charge >= 0.3 is 6.55 Å². The summed E-state index contributed by atoms with van der Waals surface area (Å²) < 4.78 is 32.8. The Labute approximate surface area is 162 Å². The van der Waals surface area contributed by atoms with E-state index in [4.69, 9.17) is 4.74 Å². The maximum atomic E-state index is 12.7. The molecule has 0 bridgehead atoms. The first-order chi connectivity index (χ1) is 13.0. The van der Waals surface area contributed by atoms with Gasteiger partial charge in [-0.25, -0.2) is 9.97 Å². The van der Waals surface area contributed by atoms with Crippen LogP contribution in [0.5, 0.6) is 11.6 Å². The standard InChI is InChI=1S/C18H15BrF2N4O2/c19-13-2-4-14(5-3-13)27-16-6-1-12(11-24-16)17(26)23-8-7-15-22-9-10-25(15)18(20)21/h1-6,9-11,18H,7-8H2,(H,23,26). The Balaban J connectivity index is 1.52. The zero-order valence-electron chi connectivity index (χ0n) is 14.0. The molecule has 0 fully saturated rings. The smallest absolute Gasteiger partial charge is 0.319 e. The lowest BCUT2D eigenvalue weighted by atomic mass is 10.2. The van der Waals surface area contributed by atoms with Crippen molar-refractivity contribution in [1.82, 2.24) is 19.9 Å². The molecule has 3 aromatic rings. The molecule has 1 amide bonds. The molecule has 1 aromatic carbocycles. The van der Waals surface area contributed by atoms with Crippen LogP contribution in [0, 0.1) is 0 Å². The molecular weight excluding hydrogens is 422 g/mol. The number of amides is 1. The number of halogens is 3. The maximum absolute atomic E-state index is 12.7. The first-order valence-electron chi connectivity index (χ1n) is 8.00. The van der Waals surface area contributed by atoms with Gasteiger partial charge in [-0.15, -0.1) is 0 Å². The molecule has 0 radical (unpaired) electrons. The second-order valence-electron chi connectivity index (χ2n) is 5.48. The number of hydrogen-bond donors (Lipinski definition) is 1. The lowest BCUT2D eigenvalue weighted by Crippen LogP contribution is -2.26. The van der Waals surface area contributed by atoms with Crippen molar-refractivity contribution < 1.29 is 18.3 Å². The molecule has 140 valence electrons. The third-order valence-corrected chi connectivity index (χ3v) is 4.16. The van der Waals surface area contributed by atoms with Gasteiger partial charge in [0.05, 0.1) is 5.56 Å². The summed E-state index contributed by atoms with van der Waals surface area (Å²) in [5.41, 5.74) is 0.343. The van der Waals surface area contributed by atoms with E-state index in [9.17, 15) is 13.6 Å². The lowest BCUT2D eigenvalue weighted by molar-refractivity contribution is 0.0670. The molecule has 0 aliphatic rings. The summed E-state index contributed by atoms with van der Waals surface area (Å²) in [5, 5.41) is 2.66. The minimum absolute atomic E-state index is 0.180. The monoisotopic (exact) mass is 436 g/mol. The van der Waals surface area contributed by atoms with Gasteiger partial charge in [0.2, 0.25) is 5.88 Å². The first kappa shape index (κ1) is 19.0. The Morgan fingerprint density at radius 3 is 2.63 bits per heavy atom. The fourth-order valence-corrected chi connectivity index (χ4v) is 2.57. The van der Waals surface area contributed by atoms with Crippen molar-refractivity contribution in [3.05, 3.63) is 70.8 Å². The molecule has 27 heavy (non-hydrogen) atoms. The van der Waals surface area contributed by atoms with Crippen LogP contribution in [0.2, 0.25) is 0 Å². The van der Waals surface area contributed by atoms with Crippen molar-refractivity contribution in [2.45, 2.75) is 13.0 Å². The highest BCUT2D eigenvalue weighted by atomic mass is 79.9. The van der Waals surface area contributed by atoms with Gasteiger partial charge < -0.3 is 10.1 Å². The van der Waals surface area contributed by atoms with Crippen molar-refractivity contribution in [2.24, 2.45) is 0 Å². The molecule has 1 N–H and O–H groups in total. The number of carbonyl (C=O) groups is 1. The largest absolute Gasteiger partial charge is 0.439 e. The Morgan fingerprint density at radius 2 is 1.96 bits per heavy atom. The zero-order valence-corrected chi connectivity index (χ0v) is 15.6. The molecule has 2 heterocycles. The van der Waals surface area contributed by atoms with Crippen LogP contribution in [-0.2, 0) is 6.42 Å². The molecule has 0 spiro atoms. The number of ether oxygens (including phenoxy) is 1. The summed E-state index contributed by atoms with van der Waals surface area (Å²) in [6.45, 7) is -2.47. The van der Waals surface area contributed by atoms with Gasteiger partial charge in [0.25, 0.3) is 5.91 Å². The molecule has 6 nitrogen and oxygen atoms in total. The number of hydrogen-bond acceptors (Lipinski definition) is 4. The number of nitrogens with one attached hydrogen (secondary N) is 1. The molecule has 0 unspecified atom stereocenters. The first-order valence-corrected chi connectivity index (χ1v) is 8.80. The summed E-state index contributed by atoms with van der Waals surface area (Å²) >= 11 is 3.34. The van der Waals surface area contributed by atoms with E-state index >= 15 is 0 Å². The van der Waals surface area contributed by atoms with Gasteiger partial charge in [-0.05, 0) is 30.3 Å². The van der Waals surface area contributed by atoms with Gasteiger partial charge in [0.15, 0.2) is 0 Å². The summed E-state index contributed by atoms with van der Waals surface area (Å²) in [6.07, 6.45) is 4.10. The van der Waals surface area contributed by atoms with E-state index in [0.717, 1.165) is 9.04 Å². The summed E-state index contributed by atoms with van der Waals surface area (Å²) in [4.78, 5) is 20.1. The average Bonchev–Trinajstić information content (AvgIpc) is 3.13. The summed E-state index contributed by atoms with van der Waals surface area (Å²) in [5.74, 6) is 0.833. The van der Waals surface area contributed by atoms with Crippen molar-refractivity contribution in [3.63, 3.8) is 0 Å². The maximum Gasteiger partial charge on any atom is 0.319 e. The van der Waals surface area contributed by atoms with Gasteiger partial charge in [-0.1, -0.05) is 15.9 Å².